The molecule has 1 atom stereocenters. The Balaban J connectivity index is 1.95. The molecule has 0 saturated heterocycles. The summed E-state index contributed by atoms with van der Waals surface area (Å²) in [5.74, 6) is 2.95. The van der Waals surface area contributed by atoms with Crippen LogP contribution in [-0.4, -0.2) is 45.3 Å². The molecule has 3 rings (SSSR count). The van der Waals surface area contributed by atoms with Crippen molar-refractivity contribution in [3.63, 3.8) is 0 Å². The summed E-state index contributed by atoms with van der Waals surface area (Å²) >= 11 is 0. The van der Waals surface area contributed by atoms with E-state index in [0.29, 0.717) is 24.7 Å². The standard InChI is InChI=1S/C24H31NO5/c1-24(2,3)23(26)25-12-11-16-13-21(28-5)22(29-6)14-19(16)20(25)15-30-18-9-7-17(27-4)8-10-18/h7-10,13-14,20H,11-12,15H2,1-6H3. The maximum absolute atomic E-state index is 13.2. The lowest BCUT2D eigenvalue weighted by Crippen LogP contribution is -2.47. The highest BCUT2D eigenvalue weighted by molar-refractivity contribution is 5.82. The third-order valence-electron chi connectivity index (χ3n) is 5.37. The lowest BCUT2D eigenvalue weighted by atomic mass is 9.88. The molecule has 2 aromatic carbocycles. The molecule has 6 heteroatoms. The van der Waals surface area contributed by atoms with Gasteiger partial charge in [0.15, 0.2) is 11.5 Å². The number of carbonyl (C=O) groups is 1. The van der Waals surface area contributed by atoms with Crippen LogP contribution in [0, 0.1) is 5.41 Å². The van der Waals surface area contributed by atoms with Crippen molar-refractivity contribution in [2.24, 2.45) is 5.41 Å². The number of carbonyl (C=O) groups excluding carboxylic acids is 1. The smallest absolute Gasteiger partial charge is 0.228 e. The maximum Gasteiger partial charge on any atom is 0.228 e. The van der Waals surface area contributed by atoms with Crippen LogP contribution in [0.1, 0.15) is 37.9 Å². The number of nitrogens with zero attached hydrogens (tertiary/aromatic N) is 1. The van der Waals surface area contributed by atoms with Crippen LogP contribution in [0.4, 0.5) is 0 Å². The van der Waals surface area contributed by atoms with Crippen molar-refractivity contribution in [2.45, 2.75) is 33.2 Å². The molecule has 30 heavy (non-hydrogen) atoms. The molecule has 2 aromatic rings. The van der Waals surface area contributed by atoms with Gasteiger partial charge in [-0.05, 0) is 53.9 Å². The monoisotopic (exact) mass is 413 g/mol. The summed E-state index contributed by atoms with van der Waals surface area (Å²) in [5.41, 5.74) is 1.70. The van der Waals surface area contributed by atoms with Gasteiger partial charge in [0.2, 0.25) is 5.91 Å². The van der Waals surface area contributed by atoms with Crippen molar-refractivity contribution in [3.05, 3.63) is 47.5 Å². The van der Waals surface area contributed by atoms with E-state index in [1.54, 1.807) is 21.3 Å². The van der Waals surface area contributed by atoms with Crippen molar-refractivity contribution in [1.82, 2.24) is 4.90 Å². The molecule has 1 unspecified atom stereocenters. The van der Waals surface area contributed by atoms with Gasteiger partial charge in [-0.25, -0.2) is 0 Å². The lowest BCUT2D eigenvalue weighted by Gasteiger charge is -2.40. The molecule has 6 nitrogen and oxygen atoms in total. The van der Waals surface area contributed by atoms with Crippen molar-refractivity contribution in [2.75, 3.05) is 34.5 Å². The highest BCUT2D eigenvalue weighted by atomic mass is 16.5. The predicted octanol–water partition coefficient (Wildman–Crippen LogP) is 4.26. The third kappa shape index (κ3) is 4.48. The largest absolute Gasteiger partial charge is 0.497 e. The molecule has 1 amide bonds. The van der Waals surface area contributed by atoms with E-state index in [1.165, 1.54) is 0 Å². The van der Waals surface area contributed by atoms with Gasteiger partial charge in [-0.15, -0.1) is 0 Å². The van der Waals surface area contributed by atoms with E-state index in [2.05, 4.69) is 0 Å². The summed E-state index contributed by atoms with van der Waals surface area (Å²) in [7, 11) is 4.88. The van der Waals surface area contributed by atoms with Crippen molar-refractivity contribution < 1.29 is 23.7 Å². The van der Waals surface area contributed by atoms with Crippen LogP contribution in [0.2, 0.25) is 0 Å². The Bertz CT molecular complexity index is 886. The first-order valence-electron chi connectivity index (χ1n) is 10.1. The molecule has 0 fully saturated rings. The minimum Gasteiger partial charge on any atom is -0.497 e. The van der Waals surface area contributed by atoms with Gasteiger partial charge in [-0.2, -0.15) is 0 Å². The second-order valence-corrected chi connectivity index (χ2v) is 8.41. The third-order valence-corrected chi connectivity index (χ3v) is 5.37. The van der Waals surface area contributed by atoms with Crippen LogP contribution in [0.15, 0.2) is 36.4 Å². The molecule has 1 heterocycles. The molecule has 162 valence electrons. The number of rotatable bonds is 6. The summed E-state index contributed by atoms with van der Waals surface area (Å²) in [6.45, 7) is 6.81. The van der Waals surface area contributed by atoms with Crippen LogP contribution < -0.4 is 18.9 Å². The van der Waals surface area contributed by atoms with Crippen molar-refractivity contribution in [3.8, 4) is 23.0 Å². The highest BCUT2D eigenvalue weighted by Crippen LogP contribution is 2.39. The Labute approximate surface area is 178 Å². The maximum atomic E-state index is 13.2. The summed E-state index contributed by atoms with van der Waals surface area (Å²) in [4.78, 5) is 15.1. The van der Waals surface area contributed by atoms with Gasteiger partial charge in [0.25, 0.3) is 0 Å². The van der Waals surface area contributed by atoms with Gasteiger partial charge in [0, 0.05) is 12.0 Å². The first kappa shape index (κ1) is 21.8. The predicted molar refractivity (Wildman–Crippen MR) is 116 cm³/mol. The fourth-order valence-electron chi connectivity index (χ4n) is 3.73. The van der Waals surface area contributed by atoms with Gasteiger partial charge >= 0.3 is 0 Å². The van der Waals surface area contributed by atoms with E-state index in [0.717, 1.165) is 29.0 Å². The van der Waals surface area contributed by atoms with Crippen LogP contribution in [-0.2, 0) is 11.2 Å². The van der Waals surface area contributed by atoms with E-state index in [9.17, 15) is 4.79 Å². The first-order chi connectivity index (χ1) is 14.3. The average Bonchev–Trinajstić information content (AvgIpc) is 2.75. The second-order valence-electron chi connectivity index (χ2n) is 8.41. The van der Waals surface area contributed by atoms with Crippen molar-refractivity contribution >= 4 is 5.91 Å². The molecule has 0 spiro atoms. The number of benzene rings is 2. The van der Waals surface area contributed by atoms with Crippen LogP contribution in [0.25, 0.3) is 0 Å². The van der Waals surface area contributed by atoms with Crippen molar-refractivity contribution in [1.29, 1.82) is 0 Å². The summed E-state index contributed by atoms with van der Waals surface area (Å²) in [5, 5.41) is 0. The molecule has 0 bridgehead atoms. The molecule has 0 N–H and O–H groups in total. The molecule has 1 aliphatic heterocycles. The number of amides is 1. The molecule has 0 aromatic heterocycles. The minimum atomic E-state index is -0.480. The fourth-order valence-corrected chi connectivity index (χ4v) is 3.73. The van der Waals surface area contributed by atoms with E-state index in [1.807, 2.05) is 62.1 Å². The lowest BCUT2D eigenvalue weighted by molar-refractivity contribution is -0.143. The van der Waals surface area contributed by atoms with E-state index in [4.69, 9.17) is 18.9 Å². The fraction of sp³-hybridized carbons (Fsp3) is 0.458. The highest BCUT2D eigenvalue weighted by Gasteiger charge is 2.37. The summed E-state index contributed by atoms with van der Waals surface area (Å²) < 4.78 is 22.3. The van der Waals surface area contributed by atoms with Crippen LogP contribution in [0.3, 0.4) is 0 Å². The SMILES string of the molecule is COc1ccc(OCC2c3cc(OC)c(OC)cc3CCN2C(=O)C(C)(C)C)cc1. The quantitative estimate of drug-likeness (QED) is 0.708. The number of methoxy groups -OCH3 is 3. The Kier molecular flexibility index (Phi) is 6.44. The van der Waals surface area contributed by atoms with Gasteiger partial charge in [0.1, 0.15) is 18.1 Å². The molecule has 0 radical (unpaired) electrons. The molecular weight excluding hydrogens is 382 g/mol. The average molecular weight is 414 g/mol. The Hall–Kier alpha value is -2.89. The van der Waals surface area contributed by atoms with E-state index in [-0.39, 0.29) is 11.9 Å². The van der Waals surface area contributed by atoms with Gasteiger partial charge in [0.05, 0.1) is 27.4 Å². The Morgan fingerprint density at radius 1 is 0.967 bits per heavy atom. The van der Waals surface area contributed by atoms with Gasteiger partial charge in [-0.3, -0.25) is 4.79 Å². The zero-order chi connectivity index (χ0) is 21.9. The topological polar surface area (TPSA) is 57.2 Å². The normalized spacial score (nSPS) is 15.9. The van der Waals surface area contributed by atoms with E-state index < -0.39 is 5.41 Å². The summed E-state index contributed by atoms with van der Waals surface area (Å²) in [6.07, 6.45) is 0.760. The zero-order valence-corrected chi connectivity index (χ0v) is 18.7. The minimum absolute atomic E-state index is 0.103. The zero-order valence-electron chi connectivity index (χ0n) is 18.7. The number of hydrogen-bond donors (Lipinski definition) is 0. The second kappa shape index (κ2) is 8.86. The van der Waals surface area contributed by atoms with Gasteiger partial charge in [-0.1, -0.05) is 20.8 Å². The summed E-state index contributed by atoms with van der Waals surface area (Å²) in [6, 6.07) is 11.2. The van der Waals surface area contributed by atoms with Gasteiger partial charge < -0.3 is 23.8 Å². The van der Waals surface area contributed by atoms with Crippen LogP contribution >= 0.6 is 0 Å². The first-order valence-corrected chi connectivity index (χ1v) is 10.1. The molecular formula is C24H31NO5. The number of ether oxygens (including phenoxy) is 4. The Morgan fingerprint density at radius 2 is 1.57 bits per heavy atom. The Morgan fingerprint density at radius 3 is 2.13 bits per heavy atom. The number of hydrogen-bond acceptors (Lipinski definition) is 5. The molecule has 0 aliphatic carbocycles. The molecule has 0 saturated carbocycles. The van der Waals surface area contributed by atoms with Crippen LogP contribution in [0.5, 0.6) is 23.0 Å². The number of fused-ring (bicyclic) bond motifs is 1. The molecule has 1 aliphatic rings. The van der Waals surface area contributed by atoms with E-state index >= 15 is 0 Å².